The highest BCUT2D eigenvalue weighted by atomic mass is 35.5. The Morgan fingerprint density at radius 3 is 2.69 bits per heavy atom. The van der Waals surface area contributed by atoms with Crippen molar-refractivity contribution in [1.82, 2.24) is 5.32 Å². The number of hydrogen-bond donors (Lipinski definition) is 2. The summed E-state index contributed by atoms with van der Waals surface area (Å²) < 4.78 is 0. The zero-order valence-corrected chi connectivity index (χ0v) is 11.2. The van der Waals surface area contributed by atoms with Gasteiger partial charge in [-0.3, -0.25) is 4.79 Å². The van der Waals surface area contributed by atoms with Crippen LogP contribution < -0.4 is 11.1 Å². The fourth-order valence-corrected chi connectivity index (χ4v) is 2.40. The van der Waals surface area contributed by atoms with Gasteiger partial charge in [-0.1, -0.05) is 26.7 Å². The van der Waals surface area contributed by atoms with E-state index in [2.05, 4.69) is 19.2 Å². The van der Waals surface area contributed by atoms with Crippen molar-refractivity contribution in [3.05, 3.63) is 0 Å². The molecule has 2 atom stereocenters. The van der Waals surface area contributed by atoms with Gasteiger partial charge < -0.3 is 11.1 Å². The van der Waals surface area contributed by atoms with Crippen molar-refractivity contribution in [2.75, 3.05) is 6.54 Å². The molecular weight excluding hydrogens is 224 g/mol. The van der Waals surface area contributed by atoms with Crippen molar-refractivity contribution < 1.29 is 4.79 Å². The molecular formula is C12H25ClN2O. The third kappa shape index (κ3) is 5.17. The van der Waals surface area contributed by atoms with Gasteiger partial charge in [0, 0.05) is 19.0 Å². The molecule has 1 aliphatic carbocycles. The second kappa shape index (κ2) is 7.91. The Morgan fingerprint density at radius 1 is 1.44 bits per heavy atom. The predicted octanol–water partition coefficient (Wildman–Crippen LogP) is 2.09. The zero-order chi connectivity index (χ0) is 11.3. The first-order valence-corrected chi connectivity index (χ1v) is 6.13. The van der Waals surface area contributed by atoms with Gasteiger partial charge in [-0.15, -0.1) is 12.4 Å². The van der Waals surface area contributed by atoms with E-state index in [9.17, 15) is 4.79 Å². The number of carbonyl (C=O) groups excluding carboxylic acids is 1. The molecule has 0 aromatic carbocycles. The Morgan fingerprint density at radius 2 is 2.12 bits per heavy atom. The molecule has 1 amide bonds. The molecule has 0 aliphatic heterocycles. The van der Waals surface area contributed by atoms with Crippen molar-refractivity contribution in [3.63, 3.8) is 0 Å². The molecule has 1 saturated carbocycles. The Balaban J connectivity index is 0.00000225. The standard InChI is InChI=1S/C12H24N2O.ClH/c1-9(2)10-4-3-5-11(8-10)14-12(15)6-7-13;/h9-11H,3-8,13H2,1-2H3,(H,14,15);1H. The molecule has 0 aromatic heterocycles. The summed E-state index contributed by atoms with van der Waals surface area (Å²) in [7, 11) is 0. The van der Waals surface area contributed by atoms with Crippen LogP contribution in [0.2, 0.25) is 0 Å². The topological polar surface area (TPSA) is 55.1 Å². The van der Waals surface area contributed by atoms with Gasteiger partial charge in [0.15, 0.2) is 0 Å². The summed E-state index contributed by atoms with van der Waals surface area (Å²) >= 11 is 0. The number of hydrogen-bond acceptors (Lipinski definition) is 2. The predicted molar refractivity (Wildman–Crippen MR) is 69.6 cm³/mol. The van der Waals surface area contributed by atoms with E-state index in [4.69, 9.17) is 5.73 Å². The summed E-state index contributed by atoms with van der Waals surface area (Å²) in [5.74, 6) is 1.63. The highest BCUT2D eigenvalue weighted by Gasteiger charge is 2.24. The van der Waals surface area contributed by atoms with Gasteiger partial charge >= 0.3 is 0 Å². The summed E-state index contributed by atoms with van der Waals surface area (Å²) in [5.41, 5.74) is 5.35. The van der Waals surface area contributed by atoms with Crippen molar-refractivity contribution in [2.45, 2.75) is 52.0 Å². The molecule has 1 fully saturated rings. The van der Waals surface area contributed by atoms with Gasteiger partial charge in [-0.05, 0) is 24.7 Å². The third-order valence-corrected chi connectivity index (χ3v) is 3.39. The van der Waals surface area contributed by atoms with E-state index in [1.807, 2.05) is 0 Å². The van der Waals surface area contributed by atoms with Gasteiger partial charge in [0.1, 0.15) is 0 Å². The van der Waals surface area contributed by atoms with Gasteiger partial charge in [0.05, 0.1) is 0 Å². The number of nitrogens with two attached hydrogens (primary N) is 1. The van der Waals surface area contributed by atoms with E-state index in [1.165, 1.54) is 12.8 Å². The molecule has 4 heteroatoms. The Labute approximate surface area is 105 Å². The molecule has 96 valence electrons. The smallest absolute Gasteiger partial charge is 0.221 e. The molecule has 0 radical (unpaired) electrons. The quantitative estimate of drug-likeness (QED) is 0.801. The van der Waals surface area contributed by atoms with E-state index in [1.54, 1.807) is 0 Å². The first-order chi connectivity index (χ1) is 7.13. The average molecular weight is 249 g/mol. The van der Waals surface area contributed by atoms with Gasteiger partial charge in [0.25, 0.3) is 0 Å². The first kappa shape index (κ1) is 15.7. The van der Waals surface area contributed by atoms with Crippen LogP contribution in [-0.2, 0) is 4.79 Å². The number of halogens is 1. The summed E-state index contributed by atoms with van der Waals surface area (Å²) in [6.45, 7) is 5.00. The molecule has 0 bridgehead atoms. The largest absolute Gasteiger partial charge is 0.353 e. The summed E-state index contributed by atoms with van der Waals surface area (Å²) in [6.07, 6.45) is 5.31. The molecule has 3 nitrogen and oxygen atoms in total. The van der Waals surface area contributed by atoms with Crippen LogP contribution in [-0.4, -0.2) is 18.5 Å². The SMILES string of the molecule is CC(C)C1CCCC(NC(=O)CCN)C1.Cl. The minimum absolute atomic E-state index is 0. The second-order valence-electron chi connectivity index (χ2n) is 4.97. The number of amides is 1. The van der Waals surface area contributed by atoms with Crippen LogP contribution >= 0.6 is 12.4 Å². The van der Waals surface area contributed by atoms with Crippen LogP contribution in [0.3, 0.4) is 0 Å². The van der Waals surface area contributed by atoms with Gasteiger partial charge in [0.2, 0.25) is 5.91 Å². The van der Waals surface area contributed by atoms with Crippen molar-refractivity contribution in [1.29, 1.82) is 0 Å². The fraction of sp³-hybridized carbons (Fsp3) is 0.917. The number of nitrogens with one attached hydrogen (secondary N) is 1. The molecule has 0 saturated heterocycles. The minimum Gasteiger partial charge on any atom is -0.353 e. The lowest BCUT2D eigenvalue weighted by Crippen LogP contribution is -2.39. The fourth-order valence-electron chi connectivity index (χ4n) is 2.40. The van der Waals surface area contributed by atoms with E-state index < -0.39 is 0 Å². The highest BCUT2D eigenvalue weighted by molar-refractivity contribution is 5.85. The van der Waals surface area contributed by atoms with Crippen LogP contribution in [0.1, 0.15) is 46.0 Å². The van der Waals surface area contributed by atoms with Crippen LogP contribution in [0, 0.1) is 11.8 Å². The van der Waals surface area contributed by atoms with Crippen molar-refractivity contribution in [3.8, 4) is 0 Å². The summed E-state index contributed by atoms with van der Waals surface area (Å²) in [4.78, 5) is 11.4. The van der Waals surface area contributed by atoms with Crippen molar-refractivity contribution >= 4 is 18.3 Å². The maximum absolute atomic E-state index is 11.4. The van der Waals surface area contributed by atoms with E-state index in [-0.39, 0.29) is 18.3 Å². The summed E-state index contributed by atoms with van der Waals surface area (Å²) in [5, 5.41) is 3.09. The zero-order valence-electron chi connectivity index (χ0n) is 10.4. The third-order valence-electron chi connectivity index (χ3n) is 3.39. The lowest BCUT2D eigenvalue weighted by atomic mass is 9.79. The number of rotatable bonds is 4. The second-order valence-corrected chi connectivity index (χ2v) is 4.97. The maximum Gasteiger partial charge on any atom is 0.221 e. The van der Waals surface area contributed by atoms with E-state index >= 15 is 0 Å². The maximum atomic E-state index is 11.4. The van der Waals surface area contributed by atoms with Crippen LogP contribution in [0.5, 0.6) is 0 Å². The number of carbonyl (C=O) groups is 1. The van der Waals surface area contributed by atoms with Crippen LogP contribution in [0.25, 0.3) is 0 Å². The minimum atomic E-state index is 0. The van der Waals surface area contributed by atoms with Crippen LogP contribution in [0.4, 0.5) is 0 Å². The first-order valence-electron chi connectivity index (χ1n) is 6.13. The molecule has 3 N–H and O–H groups in total. The average Bonchev–Trinajstić information content (AvgIpc) is 2.18. The summed E-state index contributed by atoms with van der Waals surface area (Å²) in [6, 6.07) is 0.394. The lowest BCUT2D eigenvalue weighted by Gasteiger charge is -2.32. The molecule has 0 heterocycles. The van der Waals surface area contributed by atoms with Crippen molar-refractivity contribution in [2.24, 2.45) is 17.6 Å². The molecule has 0 spiro atoms. The molecule has 0 aromatic rings. The molecule has 2 unspecified atom stereocenters. The molecule has 16 heavy (non-hydrogen) atoms. The van der Waals surface area contributed by atoms with Gasteiger partial charge in [-0.2, -0.15) is 0 Å². The molecule has 1 rings (SSSR count). The Bertz CT molecular complexity index is 209. The van der Waals surface area contributed by atoms with Gasteiger partial charge in [-0.25, -0.2) is 0 Å². The Hall–Kier alpha value is -0.280. The van der Waals surface area contributed by atoms with E-state index in [0.29, 0.717) is 19.0 Å². The monoisotopic (exact) mass is 248 g/mol. The Kier molecular flexibility index (Phi) is 7.77. The normalized spacial score (nSPS) is 25.0. The van der Waals surface area contributed by atoms with E-state index in [0.717, 1.165) is 24.7 Å². The molecule has 1 aliphatic rings. The highest BCUT2D eigenvalue weighted by Crippen LogP contribution is 2.29. The lowest BCUT2D eigenvalue weighted by molar-refractivity contribution is -0.121. The van der Waals surface area contributed by atoms with Crippen LogP contribution in [0.15, 0.2) is 0 Å².